The van der Waals surface area contributed by atoms with Gasteiger partial charge in [0.1, 0.15) is 11.4 Å². The van der Waals surface area contributed by atoms with Crippen LogP contribution in [0.1, 0.15) is 20.3 Å². The lowest BCUT2D eigenvalue weighted by Gasteiger charge is -2.29. The van der Waals surface area contributed by atoms with E-state index in [-0.39, 0.29) is 18.4 Å². The Hall–Kier alpha value is -1.19. The second-order valence-corrected chi connectivity index (χ2v) is 8.85. The molecule has 2 heterocycles. The first-order valence-corrected chi connectivity index (χ1v) is 9.26. The topological polar surface area (TPSA) is 98.0 Å². The Bertz CT molecular complexity index is 591. The van der Waals surface area contributed by atoms with Crippen molar-refractivity contribution in [2.45, 2.75) is 31.7 Å². The molecule has 0 radical (unpaired) electrons. The monoisotopic (exact) mass is 347 g/mol. The normalized spacial score (nSPS) is 29.5. The van der Waals surface area contributed by atoms with Gasteiger partial charge in [-0.2, -0.15) is 4.31 Å². The third-order valence-corrected chi connectivity index (χ3v) is 6.90. The van der Waals surface area contributed by atoms with Crippen LogP contribution in [0, 0.1) is 11.8 Å². The van der Waals surface area contributed by atoms with E-state index in [1.54, 1.807) is 25.8 Å². The summed E-state index contributed by atoms with van der Waals surface area (Å²) >= 11 is 0. The van der Waals surface area contributed by atoms with E-state index in [4.69, 9.17) is 0 Å². The van der Waals surface area contributed by atoms with Crippen molar-refractivity contribution >= 4 is 21.9 Å². The summed E-state index contributed by atoms with van der Waals surface area (Å²) in [5, 5.41) is 8.82. The molecular weight excluding hydrogens is 322 g/mol. The Morgan fingerprint density at radius 3 is 2.26 bits per heavy atom. The predicted octanol–water partition coefficient (Wildman–Crippen LogP) is -0.523. The number of hydrogen-bond acceptors (Lipinski definition) is 5. The van der Waals surface area contributed by atoms with E-state index in [1.165, 1.54) is 16.3 Å². The fraction of sp³-hybridized carbons (Fsp3) is 0.857. The summed E-state index contributed by atoms with van der Waals surface area (Å²) in [7, 11) is -0.164. The molecule has 2 rings (SSSR count). The van der Waals surface area contributed by atoms with Crippen LogP contribution in [-0.2, 0) is 19.6 Å². The van der Waals surface area contributed by atoms with Gasteiger partial charge >= 0.3 is 5.97 Å². The number of carbonyl (C=O) groups excluding carboxylic acids is 1. The van der Waals surface area contributed by atoms with Gasteiger partial charge in [0.05, 0.1) is 5.92 Å². The minimum absolute atomic E-state index is 0.139. The second kappa shape index (κ2) is 6.37. The number of hydrogen-bond donors (Lipinski definition) is 1. The smallest absolute Gasteiger partial charge is 0.326 e. The molecule has 9 heteroatoms. The quantitative estimate of drug-likeness (QED) is 0.649. The van der Waals surface area contributed by atoms with Crippen molar-refractivity contribution in [1.29, 1.82) is 0 Å². The highest BCUT2D eigenvalue weighted by molar-refractivity contribution is 7.90. The molecule has 132 valence electrons. The molecule has 0 aromatic heterocycles. The van der Waals surface area contributed by atoms with E-state index < -0.39 is 33.3 Å². The number of carbonyl (C=O) groups is 2. The van der Waals surface area contributed by atoms with Crippen molar-refractivity contribution in [3.8, 4) is 0 Å². The molecule has 8 nitrogen and oxygen atoms in total. The molecule has 23 heavy (non-hydrogen) atoms. The highest BCUT2D eigenvalue weighted by atomic mass is 32.2. The van der Waals surface area contributed by atoms with Crippen LogP contribution in [0.25, 0.3) is 0 Å². The summed E-state index contributed by atoms with van der Waals surface area (Å²) in [6, 6.07) is -0.900. The average Bonchev–Trinajstić information content (AvgIpc) is 2.99. The molecule has 1 unspecified atom stereocenters. The van der Waals surface area contributed by atoms with Crippen LogP contribution in [0.4, 0.5) is 0 Å². The number of sulfonamides is 1. The fourth-order valence-corrected chi connectivity index (χ4v) is 5.15. The predicted molar refractivity (Wildman–Crippen MR) is 84.0 cm³/mol. The Morgan fingerprint density at radius 1 is 1.26 bits per heavy atom. The fourth-order valence-electron chi connectivity index (χ4n) is 3.18. The largest absolute Gasteiger partial charge is 0.480 e. The second-order valence-electron chi connectivity index (χ2n) is 6.76. The first kappa shape index (κ1) is 18.2. The SMILES string of the molecule is CC(C)[C@@H](C(=O)O)N(C)C(=O)[C@H]1CCN(S(=O)(=O)C2C[N@]2C)C1. The lowest BCUT2D eigenvalue weighted by molar-refractivity contribution is -0.152. The third kappa shape index (κ3) is 3.51. The summed E-state index contributed by atoms with van der Waals surface area (Å²) in [6.07, 6.45) is 0.434. The van der Waals surface area contributed by atoms with Gasteiger partial charge < -0.3 is 10.0 Å². The van der Waals surface area contributed by atoms with Crippen LogP contribution in [0.3, 0.4) is 0 Å². The van der Waals surface area contributed by atoms with Crippen molar-refractivity contribution in [2.75, 3.05) is 33.7 Å². The number of likely N-dealkylation sites (N-methyl/N-ethyl adjacent to an activating group) is 2. The Balaban J connectivity index is 2.03. The van der Waals surface area contributed by atoms with Crippen molar-refractivity contribution in [1.82, 2.24) is 14.1 Å². The lowest BCUT2D eigenvalue weighted by atomic mass is 10.0. The number of nitrogens with zero attached hydrogens (tertiary/aromatic N) is 3. The molecule has 0 aliphatic carbocycles. The summed E-state index contributed by atoms with van der Waals surface area (Å²) in [6.45, 7) is 4.47. The van der Waals surface area contributed by atoms with Gasteiger partial charge in [-0.1, -0.05) is 13.8 Å². The van der Waals surface area contributed by atoms with Crippen LogP contribution >= 0.6 is 0 Å². The Kier molecular flexibility index (Phi) is 5.03. The highest BCUT2D eigenvalue weighted by Gasteiger charge is 2.48. The van der Waals surface area contributed by atoms with Gasteiger partial charge in [-0.3, -0.25) is 9.69 Å². The molecule has 0 saturated carbocycles. The number of carboxylic acids is 1. The van der Waals surface area contributed by atoms with Crippen LogP contribution in [0.15, 0.2) is 0 Å². The number of rotatable bonds is 6. The van der Waals surface area contributed by atoms with Gasteiger partial charge in [-0.05, 0) is 19.4 Å². The molecule has 4 atom stereocenters. The van der Waals surface area contributed by atoms with Crippen LogP contribution in [-0.4, -0.2) is 84.7 Å². The van der Waals surface area contributed by atoms with Gasteiger partial charge in [-0.25, -0.2) is 13.2 Å². The maximum atomic E-state index is 12.5. The maximum absolute atomic E-state index is 12.5. The van der Waals surface area contributed by atoms with E-state index in [2.05, 4.69) is 0 Å². The van der Waals surface area contributed by atoms with Gasteiger partial charge in [0, 0.05) is 26.7 Å². The molecule has 0 bridgehead atoms. The zero-order chi connectivity index (χ0) is 17.5. The zero-order valence-electron chi connectivity index (χ0n) is 14.0. The summed E-state index contributed by atoms with van der Waals surface area (Å²) in [5.74, 6) is -2.03. The Labute approximate surface area is 137 Å². The molecule has 2 saturated heterocycles. The van der Waals surface area contributed by atoms with Crippen LogP contribution in [0.2, 0.25) is 0 Å². The molecule has 0 aromatic rings. The van der Waals surface area contributed by atoms with Gasteiger partial charge in [-0.15, -0.1) is 0 Å². The standard InChI is InChI=1S/C14H25N3O5S/c1-9(2)12(14(19)20)16(4)13(18)10-5-6-17(7-10)23(21,22)11-8-15(11)3/h9-12H,5-8H2,1-4H3,(H,19,20)/t10-,11?,12-,15-/m0/s1. The molecule has 0 spiro atoms. The molecular formula is C14H25N3O5S. The van der Waals surface area contributed by atoms with Crippen LogP contribution in [0.5, 0.6) is 0 Å². The number of carboxylic acid groups (broad SMARTS) is 1. The summed E-state index contributed by atoms with van der Waals surface area (Å²) in [5.41, 5.74) is 0. The first-order valence-electron chi connectivity index (χ1n) is 7.76. The average molecular weight is 347 g/mol. The molecule has 2 aliphatic rings. The number of aliphatic carboxylic acids is 1. The minimum Gasteiger partial charge on any atom is -0.480 e. The zero-order valence-corrected chi connectivity index (χ0v) is 14.8. The van der Waals surface area contributed by atoms with Crippen molar-refractivity contribution in [3.05, 3.63) is 0 Å². The lowest BCUT2D eigenvalue weighted by Crippen LogP contribution is -2.48. The molecule has 2 aliphatic heterocycles. The highest BCUT2D eigenvalue weighted by Crippen LogP contribution is 2.29. The van der Waals surface area contributed by atoms with Gasteiger partial charge in [0.2, 0.25) is 15.9 Å². The van der Waals surface area contributed by atoms with Crippen molar-refractivity contribution in [3.63, 3.8) is 0 Å². The Morgan fingerprint density at radius 2 is 1.83 bits per heavy atom. The number of amides is 1. The van der Waals surface area contributed by atoms with E-state index in [9.17, 15) is 23.1 Å². The van der Waals surface area contributed by atoms with E-state index in [0.29, 0.717) is 19.5 Å². The van der Waals surface area contributed by atoms with Gasteiger partial charge in [0.15, 0.2) is 0 Å². The third-order valence-electron chi connectivity index (χ3n) is 4.66. The summed E-state index contributed by atoms with van der Waals surface area (Å²) < 4.78 is 26.1. The minimum atomic E-state index is -3.39. The maximum Gasteiger partial charge on any atom is 0.326 e. The van der Waals surface area contributed by atoms with E-state index in [0.717, 1.165) is 0 Å². The van der Waals surface area contributed by atoms with Crippen LogP contribution < -0.4 is 0 Å². The molecule has 1 N–H and O–H groups in total. The molecule has 1 amide bonds. The van der Waals surface area contributed by atoms with Gasteiger partial charge in [0.25, 0.3) is 0 Å². The summed E-state index contributed by atoms with van der Waals surface area (Å²) in [4.78, 5) is 26.9. The molecule has 0 aromatic carbocycles. The first-order chi connectivity index (χ1) is 10.6. The molecule has 2 fully saturated rings. The van der Waals surface area contributed by atoms with Crippen molar-refractivity contribution in [2.24, 2.45) is 11.8 Å². The van der Waals surface area contributed by atoms with E-state index in [1.807, 2.05) is 0 Å². The van der Waals surface area contributed by atoms with Crippen molar-refractivity contribution < 1.29 is 23.1 Å². The van der Waals surface area contributed by atoms with E-state index >= 15 is 0 Å².